The quantitative estimate of drug-likeness (QED) is 0.385. The standard InChI is InChI=1S/C23H22N2O6S/c1-28-17-7-4-15(5-8-17)19-14-32-23(24-19)25-21(26)13-31-22(27)11-6-16-12-18(29-2)9-10-20(16)30-3/h4-12,14H,13H2,1-3H3,(H,24,25,26). The van der Waals surface area contributed by atoms with Crippen molar-refractivity contribution < 1.29 is 28.5 Å². The first-order chi connectivity index (χ1) is 15.5. The number of ether oxygens (including phenoxy) is 4. The molecule has 2 aromatic carbocycles. The molecular weight excluding hydrogens is 432 g/mol. The van der Waals surface area contributed by atoms with Crippen LogP contribution in [0.5, 0.6) is 17.2 Å². The van der Waals surface area contributed by atoms with Gasteiger partial charge in [0.2, 0.25) is 0 Å². The van der Waals surface area contributed by atoms with Crippen molar-refractivity contribution in [1.82, 2.24) is 4.98 Å². The Labute approximate surface area is 189 Å². The molecule has 8 nitrogen and oxygen atoms in total. The van der Waals surface area contributed by atoms with Crippen LogP contribution >= 0.6 is 11.3 Å². The third kappa shape index (κ3) is 6.08. The number of carbonyl (C=O) groups excluding carboxylic acids is 2. The van der Waals surface area contributed by atoms with E-state index in [0.29, 0.717) is 22.2 Å². The maximum atomic E-state index is 12.1. The zero-order valence-electron chi connectivity index (χ0n) is 17.8. The van der Waals surface area contributed by atoms with E-state index in [1.54, 1.807) is 32.4 Å². The summed E-state index contributed by atoms with van der Waals surface area (Å²) in [6.07, 6.45) is 2.75. The lowest BCUT2D eigenvalue weighted by Gasteiger charge is -2.07. The summed E-state index contributed by atoms with van der Waals surface area (Å²) in [5, 5.41) is 4.86. The highest BCUT2D eigenvalue weighted by molar-refractivity contribution is 7.14. The number of hydrogen-bond acceptors (Lipinski definition) is 8. The molecule has 0 aliphatic rings. The van der Waals surface area contributed by atoms with Gasteiger partial charge in [-0.15, -0.1) is 11.3 Å². The number of nitrogens with one attached hydrogen (secondary N) is 1. The van der Waals surface area contributed by atoms with E-state index >= 15 is 0 Å². The van der Waals surface area contributed by atoms with Gasteiger partial charge in [-0.05, 0) is 48.5 Å². The van der Waals surface area contributed by atoms with Gasteiger partial charge in [-0.3, -0.25) is 10.1 Å². The Kier molecular flexibility index (Phi) is 7.82. The molecule has 1 amide bonds. The highest BCUT2D eigenvalue weighted by Crippen LogP contribution is 2.27. The summed E-state index contributed by atoms with van der Waals surface area (Å²) >= 11 is 1.28. The molecule has 0 radical (unpaired) electrons. The van der Waals surface area contributed by atoms with Crippen LogP contribution in [0.4, 0.5) is 5.13 Å². The van der Waals surface area contributed by atoms with E-state index in [-0.39, 0.29) is 0 Å². The Morgan fingerprint density at radius 1 is 1.00 bits per heavy atom. The normalized spacial score (nSPS) is 10.6. The molecule has 32 heavy (non-hydrogen) atoms. The van der Waals surface area contributed by atoms with E-state index in [0.717, 1.165) is 17.0 Å². The number of benzene rings is 2. The number of amides is 1. The zero-order chi connectivity index (χ0) is 22.9. The Morgan fingerprint density at radius 3 is 2.41 bits per heavy atom. The van der Waals surface area contributed by atoms with Crippen molar-refractivity contribution in [1.29, 1.82) is 0 Å². The van der Waals surface area contributed by atoms with Gasteiger partial charge in [-0.25, -0.2) is 9.78 Å². The molecule has 1 aromatic heterocycles. The average molecular weight is 455 g/mol. The lowest BCUT2D eigenvalue weighted by Crippen LogP contribution is -2.20. The minimum Gasteiger partial charge on any atom is -0.497 e. The third-order valence-electron chi connectivity index (χ3n) is 4.32. The SMILES string of the molecule is COc1ccc(-c2csc(NC(=O)COC(=O)C=Cc3cc(OC)ccc3OC)n2)cc1. The number of hydrogen-bond donors (Lipinski definition) is 1. The lowest BCUT2D eigenvalue weighted by atomic mass is 10.1. The molecule has 0 atom stereocenters. The maximum absolute atomic E-state index is 12.1. The van der Waals surface area contributed by atoms with Crippen LogP contribution < -0.4 is 19.5 Å². The molecule has 3 aromatic rings. The van der Waals surface area contributed by atoms with Crippen LogP contribution in [0.2, 0.25) is 0 Å². The number of esters is 1. The van der Waals surface area contributed by atoms with Crippen molar-refractivity contribution in [3.63, 3.8) is 0 Å². The summed E-state index contributed by atoms with van der Waals surface area (Å²) in [5.41, 5.74) is 2.26. The summed E-state index contributed by atoms with van der Waals surface area (Å²) in [6, 6.07) is 12.6. The topological polar surface area (TPSA) is 96.0 Å². The van der Waals surface area contributed by atoms with Gasteiger partial charge in [0.25, 0.3) is 5.91 Å². The van der Waals surface area contributed by atoms with Crippen molar-refractivity contribution in [3.05, 3.63) is 59.5 Å². The van der Waals surface area contributed by atoms with Crippen LogP contribution in [0.25, 0.3) is 17.3 Å². The summed E-state index contributed by atoms with van der Waals surface area (Å²) in [6.45, 7) is -0.435. The van der Waals surface area contributed by atoms with Crippen LogP contribution in [0.15, 0.2) is 53.9 Å². The molecule has 0 saturated carbocycles. The minimum absolute atomic E-state index is 0.411. The molecule has 166 valence electrons. The van der Waals surface area contributed by atoms with Gasteiger partial charge in [-0.1, -0.05) is 0 Å². The van der Waals surface area contributed by atoms with Crippen molar-refractivity contribution >= 4 is 34.4 Å². The number of thiazole rings is 1. The van der Waals surface area contributed by atoms with Gasteiger partial charge in [0, 0.05) is 22.6 Å². The van der Waals surface area contributed by atoms with Gasteiger partial charge in [0.15, 0.2) is 11.7 Å². The maximum Gasteiger partial charge on any atom is 0.331 e. The zero-order valence-corrected chi connectivity index (χ0v) is 18.6. The van der Waals surface area contributed by atoms with Crippen LogP contribution in [0, 0.1) is 0 Å². The predicted octanol–water partition coefficient (Wildman–Crippen LogP) is 4.03. The van der Waals surface area contributed by atoms with Gasteiger partial charge >= 0.3 is 5.97 Å². The van der Waals surface area contributed by atoms with E-state index in [1.807, 2.05) is 29.6 Å². The van der Waals surface area contributed by atoms with E-state index in [9.17, 15) is 9.59 Å². The third-order valence-corrected chi connectivity index (χ3v) is 5.08. The van der Waals surface area contributed by atoms with Crippen molar-refractivity contribution in [2.75, 3.05) is 33.3 Å². The Balaban J connectivity index is 1.52. The highest BCUT2D eigenvalue weighted by atomic mass is 32.1. The molecule has 0 aliphatic carbocycles. The highest BCUT2D eigenvalue weighted by Gasteiger charge is 2.10. The Morgan fingerprint density at radius 2 is 1.72 bits per heavy atom. The van der Waals surface area contributed by atoms with Crippen LogP contribution in [-0.2, 0) is 14.3 Å². The average Bonchev–Trinajstić information content (AvgIpc) is 3.29. The lowest BCUT2D eigenvalue weighted by molar-refractivity contribution is -0.142. The van der Waals surface area contributed by atoms with Crippen molar-refractivity contribution in [2.45, 2.75) is 0 Å². The van der Waals surface area contributed by atoms with E-state index in [2.05, 4.69) is 10.3 Å². The van der Waals surface area contributed by atoms with Crippen molar-refractivity contribution in [3.8, 4) is 28.5 Å². The summed E-state index contributed by atoms with van der Waals surface area (Å²) < 4.78 is 20.6. The summed E-state index contributed by atoms with van der Waals surface area (Å²) in [7, 11) is 4.68. The molecule has 0 saturated heterocycles. The van der Waals surface area contributed by atoms with Crippen molar-refractivity contribution in [2.24, 2.45) is 0 Å². The number of anilines is 1. The fraction of sp³-hybridized carbons (Fsp3) is 0.174. The molecule has 0 spiro atoms. The summed E-state index contributed by atoms with van der Waals surface area (Å²) in [4.78, 5) is 28.5. The number of carbonyl (C=O) groups is 2. The second kappa shape index (κ2) is 11.0. The fourth-order valence-corrected chi connectivity index (χ4v) is 3.43. The van der Waals surface area contributed by atoms with Gasteiger partial charge in [0.1, 0.15) is 17.2 Å². The second-order valence-corrected chi connectivity index (χ2v) is 7.22. The predicted molar refractivity (Wildman–Crippen MR) is 122 cm³/mol. The van der Waals surface area contributed by atoms with Gasteiger partial charge < -0.3 is 18.9 Å². The van der Waals surface area contributed by atoms with Gasteiger partial charge in [0.05, 0.1) is 27.0 Å². The first-order valence-electron chi connectivity index (χ1n) is 9.49. The minimum atomic E-state index is -0.664. The molecular formula is C23H22N2O6S. The number of methoxy groups -OCH3 is 3. The van der Waals surface area contributed by atoms with E-state index in [1.165, 1.54) is 30.6 Å². The molecule has 0 aliphatic heterocycles. The Bertz CT molecular complexity index is 1110. The number of rotatable bonds is 9. The van der Waals surface area contributed by atoms with Crippen LogP contribution in [0.3, 0.4) is 0 Å². The van der Waals surface area contributed by atoms with E-state index in [4.69, 9.17) is 18.9 Å². The monoisotopic (exact) mass is 454 g/mol. The fourth-order valence-electron chi connectivity index (χ4n) is 2.69. The van der Waals surface area contributed by atoms with Crippen LogP contribution in [-0.4, -0.2) is 44.8 Å². The number of aromatic nitrogens is 1. The van der Waals surface area contributed by atoms with Crippen LogP contribution in [0.1, 0.15) is 5.56 Å². The molecule has 0 bridgehead atoms. The van der Waals surface area contributed by atoms with Gasteiger partial charge in [-0.2, -0.15) is 0 Å². The second-order valence-electron chi connectivity index (χ2n) is 6.36. The summed E-state index contributed by atoms with van der Waals surface area (Å²) in [5.74, 6) is 0.794. The molecule has 0 unspecified atom stereocenters. The molecule has 1 N–H and O–H groups in total. The molecule has 3 rings (SSSR count). The molecule has 0 fully saturated rings. The first kappa shape index (κ1) is 22.8. The largest absolute Gasteiger partial charge is 0.497 e. The molecule has 9 heteroatoms. The molecule has 1 heterocycles. The Hall–Kier alpha value is -3.85. The number of nitrogens with zero attached hydrogens (tertiary/aromatic N) is 1. The van der Waals surface area contributed by atoms with E-state index < -0.39 is 18.5 Å². The smallest absolute Gasteiger partial charge is 0.331 e. The first-order valence-corrected chi connectivity index (χ1v) is 10.4.